The first-order valence-corrected chi connectivity index (χ1v) is 10.5. The van der Waals surface area contributed by atoms with Crippen molar-refractivity contribution in [2.75, 3.05) is 38.6 Å². The second-order valence-electron chi connectivity index (χ2n) is 7.19. The number of ether oxygens (including phenoxy) is 1. The molecular weight excluding hydrogens is 378 g/mol. The van der Waals surface area contributed by atoms with Gasteiger partial charge >= 0.3 is 6.03 Å². The van der Waals surface area contributed by atoms with E-state index >= 15 is 0 Å². The van der Waals surface area contributed by atoms with E-state index in [1.54, 1.807) is 7.05 Å². The number of likely N-dealkylation sites (tertiary alicyclic amines) is 1. The minimum atomic E-state index is -0.0205. The number of urea groups is 1. The van der Waals surface area contributed by atoms with Gasteiger partial charge in [0.1, 0.15) is 5.75 Å². The number of anilines is 1. The quantitative estimate of drug-likeness (QED) is 0.355. The van der Waals surface area contributed by atoms with Crippen LogP contribution in [0.25, 0.3) is 0 Å². The van der Waals surface area contributed by atoms with E-state index in [4.69, 9.17) is 4.74 Å². The highest BCUT2D eigenvalue weighted by Crippen LogP contribution is 2.14. The summed E-state index contributed by atoms with van der Waals surface area (Å²) in [7, 11) is 1.75. The summed E-state index contributed by atoms with van der Waals surface area (Å²) in [6, 6.07) is 17.7. The Morgan fingerprint density at radius 2 is 1.87 bits per heavy atom. The zero-order valence-electron chi connectivity index (χ0n) is 17.6. The van der Waals surface area contributed by atoms with Crippen LogP contribution in [0.3, 0.4) is 0 Å². The molecule has 7 nitrogen and oxygen atoms in total. The average molecular weight is 410 g/mol. The molecule has 1 saturated heterocycles. The number of benzene rings is 2. The van der Waals surface area contributed by atoms with Crippen molar-refractivity contribution in [3.63, 3.8) is 0 Å². The van der Waals surface area contributed by atoms with Gasteiger partial charge in [-0.3, -0.25) is 4.99 Å². The maximum atomic E-state index is 12.3. The molecule has 2 aromatic carbocycles. The highest BCUT2D eigenvalue weighted by Gasteiger charge is 2.17. The van der Waals surface area contributed by atoms with Gasteiger partial charge in [-0.05, 0) is 49.1 Å². The van der Waals surface area contributed by atoms with Gasteiger partial charge in [0.15, 0.2) is 5.96 Å². The monoisotopic (exact) mass is 409 g/mol. The molecule has 160 valence electrons. The maximum absolute atomic E-state index is 12.3. The largest absolute Gasteiger partial charge is 0.494 e. The molecule has 0 aliphatic carbocycles. The molecule has 3 rings (SSSR count). The van der Waals surface area contributed by atoms with Crippen molar-refractivity contribution in [3.05, 3.63) is 60.2 Å². The van der Waals surface area contributed by atoms with E-state index in [0.29, 0.717) is 13.2 Å². The molecule has 1 fully saturated rings. The third kappa shape index (κ3) is 6.99. The fourth-order valence-corrected chi connectivity index (χ4v) is 3.27. The number of nitrogens with one attached hydrogen (secondary N) is 3. The minimum absolute atomic E-state index is 0.0205. The van der Waals surface area contributed by atoms with E-state index in [2.05, 4.69) is 20.9 Å². The topological polar surface area (TPSA) is 78.0 Å². The smallest absolute Gasteiger partial charge is 0.321 e. The molecule has 0 bridgehead atoms. The summed E-state index contributed by atoms with van der Waals surface area (Å²) in [6.07, 6.45) is 3.04. The average Bonchev–Trinajstić information content (AvgIpc) is 3.32. The molecule has 0 atom stereocenters. The lowest BCUT2D eigenvalue weighted by molar-refractivity contribution is 0.222. The molecule has 0 saturated carbocycles. The summed E-state index contributed by atoms with van der Waals surface area (Å²) in [6.45, 7) is 3.70. The fraction of sp³-hybridized carbons (Fsp3) is 0.391. The predicted molar refractivity (Wildman–Crippen MR) is 121 cm³/mol. The van der Waals surface area contributed by atoms with E-state index in [9.17, 15) is 4.79 Å². The van der Waals surface area contributed by atoms with Crippen LogP contribution in [0.5, 0.6) is 5.75 Å². The highest BCUT2D eigenvalue weighted by molar-refractivity contribution is 5.89. The Kier molecular flexibility index (Phi) is 8.38. The Balaban J connectivity index is 1.37. The first-order valence-electron chi connectivity index (χ1n) is 10.5. The molecule has 2 aromatic rings. The minimum Gasteiger partial charge on any atom is -0.494 e. The Bertz CT molecular complexity index is 819. The SMILES string of the molecule is CN=C(NCCCOc1ccccc1)NCc1cccc(NC(=O)N2CCCC2)c1. The van der Waals surface area contributed by atoms with E-state index in [1.165, 1.54) is 0 Å². The maximum Gasteiger partial charge on any atom is 0.321 e. The number of carbonyl (C=O) groups excluding carboxylic acids is 1. The Morgan fingerprint density at radius 3 is 2.63 bits per heavy atom. The van der Waals surface area contributed by atoms with Crippen molar-refractivity contribution in [2.45, 2.75) is 25.8 Å². The zero-order valence-corrected chi connectivity index (χ0v) is 17.6. The standard InChI is InChI=1S/C23H31N5O2/c1-24-22(25-13-8-16-30-21-11-3-2-4-12-21)26-18-19-9-7-10-20(17-19)27-23(29)28-14-5-6-15-28/h2-4,7,9-12,17H,5-6,8,13-16,18H2,1H3,(H,27,29)(H2,24,25,26). The molecule has 30 heavy (non-hydrogen) atoms. The first kappa shape index (κ1) is 21.5. The van der Waals surface area contributed by atoms with Crippen molar-refractivity contribution < 1.29 is 9.53 Å². The number of rotatable bonds is 8. The molecule has 0 radical (unpaired) electrons. The van der Waals surface area contributed by atoms with Crippen LogP contribution in [0.1, 0.15) is 24.8 Å². The first-order chi connectivity index (χ1) is 14.7. The van der Waals surface area contributed by atoms with Crippen LogP contribution in [0.2, 0.25) is 0 Å². The van der Waals surface area contributed by atoms with Gasteiger partial charge in [0.2, 0.25) is 0 Å². The van der Waals surface area contributed by atoms with E-state index in [-0.39, 0.29) is 6.03 Å². The summed E-state index contributed by atoms with van der Waals surface area (Å²) >= 11 is 0. The Morgan fingerprint density at radius 1 is 1.07 bits per heavy atom. The van der Waals surface area contributed by atoms with E-state index in [0.717, 1.165) is 61.9 Å². The summed E-state index contributed by atoms with van der Waals surface area (Å²) in [5.41, 5.74) is 1.89. The molecule has 0 aromatic heterocycles. The summed E-state index contributed by atoms with van der Waals surface area (Å²) in [5, 5.41) is 9.58. The van der Waals surface area contributed by atoms with E-state index in [1.807, 2.05) is 59.5 Å². The second-order valence-corrected chi connectivity index (χ2v) is 7.19. The number of hydrogen-bond donors (Lipinski definition) is 3. The number of carbonyl (C=O) groups is 1. The summed E-state index contributed by atoms with van der Waals surface area (Å²) < 4.78 is 5.69. The normalized spacial score (nSPS) is 13.8. The van der Waals surface area contributed by atoms with Crippen molar-refractivity contribution in [1.29, 1.82) is 0 Å². The molecule has 1 aliphatic heterocycles. The Labute approximate surface area is 178 Å². The molecule has 1 heterocycles. The zero-order chi connectivity index (χ0) is 21.0. The number of amides is 2. The molecule has 0 spiro atoms. The molecule has 2 amide bonds. The van der Waals surface area contributed by atoms with Gasteiger partial charge in [-0.2, -0.15) is 0 Å². The van der Waals surface area contributed by atoms with Crippen LogP contribution in [0, 0.1) is 0 Å². The van der Waals surface area contributed by atoms with Crippen molar-refractivity contribution in [1.82, 2.24) is 15.5 Å². The number of para-hydroxylation sites is 1. The van der Waals surface area contributed by atoms with Crippen molar-refractivity contribution in [2.24, 2.45) is 4.99 Å². The number of nitrogens with zero attached hydrogens (tertiary/aromatic N) is 2. The molecule has 7 heteroatoms. The number of guanidine groups is 1. The Hall–Kier alpha value is -3.22. The number of hydrogen-bond acceptors (Lipinski definition) is 3. The van der Waals surface area contributed by atoms with Crippen LogP contribution in [0.4, 0.5) is 10.5 Å². The van der Waals surface area contributed by atoms with Gasteiger partial charge in [-0.15, -0.1) is 0 Å². The van der Waals surface area contributed by atoms with Crippen LogP contribution < -0.4 is 20.7 Å². The van der Waals surface area contributed by atoms with Crippen molar-refractivity contribution >= 4 is 17.7 Å². The molecular formula is C23H31N5O2. The second kappa shape index (κ2) is 11.7. The lowest BCUT2D eigenvalue weighted by atomic mass is 10.2. The van der Waals surface area contributed by atoms with Gasteiger partial charge in [0.25, 0.3) is 0 Å². The van der Waals surface area contributed by atoms with Crippen LogP contribution in [0.15, 0.2) is 59.6 Å². The van der Waals surface area contributed by atoms with E-state index < -0.39 is 0 Å². The van der Waals surface area contributed by atoms with Gasteiger partial charge in [-0.1, -0.05) is 30.3 Å². The van der Waals surface area contributed by atoms with Crippen LogP contribution in [-0.4, -0.2) is 50.2 Å². The van der Waals surface area contributed by atoms with Crippen LogP contribution in [-0.2, 0) is 6.54 Å². The van der Waals surface area contributed by atoms with Crippen molar-refractivity contribution in [3.8, 4) is 5.75 Å². The molecule has 0 unspecified atom stereocenters. The number of aliphatic imine (C=N–C) groups is 1. The van der Waals surface area contributed by atoms with Gasteiger partial charge in [0, 0.05) is 38.9 Å². The third-order valence-electron chi connectivity index (χ3n) is 4.88. The third-order valence-corrected chi connectivity index (χ3v) is 4.88. The lowest BCUT2D eigenvalue weighted by Gasteiger charge is -2.17. The van der Waals surface area contributed by atoms with Gasteiger partial charge in [0.05, 0.1) is 6.61 Å². The van der Waals surface area contributed by atoms with Crippen LogP contribution >= 0.6 is 0 Å². The summed E-state index contributed by atoms with van der Waals surface area (Å²) in [5.74, 6) is 1.62. The molecule has 1 aliphatic rings. The fourth-order valence-electron chi connectivity index (χ4n) is 3.27. The highest BCUT2D eigenvalue weighted by atomic mass is 16.5. The summed E-state index contributed by atoms with van der Waals surface area (Å²) in [4.78, 5) is 18.4. The van der Waals surface area contributed by atoms with Gasteiger partial charge in [-0.25, -0.2) is 4.79 Å². The van der Waals surface area contributed by atoms with Gasteiger partial charge < -0.3 is 25.6 Å². The lowest BCUT2D eigenvalue weighted by Crippen LogP contribution is -2.37. The molecule has 3 N–H and O–H groups in total. The predicted octanol–water partition coefficient (Wildman–Crippen LogP) is 3.45.